The molecule has 0 spiro atoms. The van der Waals surface area contributed by atoms with Crippen LogP contribution in [-0.2, 0) is 33.2 Å². The van der Waals surface area contributed by atoms with Gasteiger partial charge in [-0.1, -0.05) is 155 Å². The van der Waals surface area contributed by atoms with Crippen LogP contribution in [0.5, 0.6) is 0 Å². The van der Waals surface area contributed by atoms with Crippen molar-refractivity contribution < 1.29 is 69.0 Å². The lowest BCUT2D eigenvalue weighted by molar-refractivity contribution is -0.332. The summed E-state index contributed by atoms with van der Waals surface area (Å²) in [4.78, 5) is 13.0. The van der Waals surface area contributed by atoms with E-state index in [1.165, 1.54) is 0 Å². The number of allylic oxidation sites excluding steroid dienone is 20. The van der Waals surface area contributed by atoms with E-state index < -0.39 is 86.7 Å². The van der Waals surface area contributed by atoms with Crippen LogP contribution in [0.15, 0.2) is 122 Å². The van der Waals surface area contributed by atoms with Gasteiger partial charge >= 0.3 is 5.97 Å². The molecule has 2 aliphatic rings. The summed E-state index contributed by atoms with van der Waals surface area (Å²) < 4.78 is 34.2. The summed E-state index contributed by atoms with van der Waals surface area (Å²) in [5.41, 5.74) is 0. The molecule has 2 fully saturated rings. The van der Waals surface area contributed by atoms with Gasteiger partial charge in [0.25, 0.3) is 0 Å². The minimum atomic E-state index is -1.73. The molecule has 0 bridgehead atoms. The number of unbranched alkanes of at least 4 members (excludes halogenated alkanes) is 7. The molecule has 2 heterocycles. The Kier molecular flexibility index (Phi) is 40.1. The van der Waals surface area contributed by atoms with E-state index in [0.717, 1.165) is 116 Å². The van der Waals surface area contributed by atoms with E-state index in [4.69, 9.17) is 28.4 Å². The van der Waals surface area contributed by atoms with Crippen molar-refractivity contribution in [2.24, 2.45) is 0 Å². The first-order valence-corrected chi connectivity index (χ1v) is 27.1. The van der Waals surface area contributed by atoms with E-state index in [9.17, 15) is 40.5 Å². The van der Waals surface area contributed by atoms with Crippen LogP contribution in [-0.4, -0.2) is 142 Å². The third-order valence-electron chi connectivity index (χ3n) is 12.0. The first-order valence-electron chi connectivity index (χ1n) is 27.1. The van der Waals surface area contributed by atoms with Crippen molar-refractivity contribution in [2.45, 2.75) is 210 Å². The van der Waals surface area contributed by atoms with Gasteiger partial charge in [-0.05, 0) is 103 Å². The fraction of sp³-hybridized carbons (Fsp3) is 0.644. The highest BCUT2D eigenvalue weighted by Crippen LogP contribution is 2.26. The lowest BCUT2D eigenvalue weighted by Gasteiger charge is -2.42. The van der Waals surface area contributed by atoms with Crippen molar-refractivity contribution in [1.29, 1.82) is 0 Å². The lowest BCUT2D eigenvalue weighted by atomic mass is 9.98. The zero-order chi connectivity index (χ0) is 53.0. The minimum Gasteiger partial charge on any atom is -0.457 e. The van der Waals surface area contributed by atoms with Crippen molar-refractivity contribution in [1.82, 2.24) is 0 Å². The fourth-order valence-corrected chi connectivity index (χ4v) is 7.63. The second-order valence-corrected chi connectivity index (χ2v) is 18.3. The molecule has 73 heavy (non-hydrogen) atoms. The summed E-state index contributed by atoms with van der Waals surface area (Å²) in [7, 11) is 0. The van der Waals surface area contributed by atoms with Gasteiger partial charge in [-0.15, -0.1) is 0 Å². The summed E-state index contributed by atoms with van der Waals surface area (Å²) in [6.07, 6.45) is 45.4. The van der Waals surface area contributed by atoms with Gasteiger partial charge in [0, 0.05) is 13.0 Å². The van der Waals surface area contributed by atoms with Crippen LogP contribution in [0.3, 0.4) is 0 Å². The van der Waals surface area contributed by atoms with Crippen molar-refractivity contribution in [3.05, 3.63) is 122 Å². The molecule has 2 aliphatic heterocycles. The van der Waals surface area contributed by atoms with Crippen LogP contribution >= 0.6 is 0 Å². The number of rotatable bonds is 41. The Balaban J connectivity index is 1.78. The molecule has 2 rings (SSSR count). The van der Waals surface area contributed by atoms with Crippen molar-refractivity contribution in [3.63, 3.8) is 0 Å². The van der Waals surface area contributed by atoms with Crippen molar-refractivity contribution in [2.75, 3.05) is 33.0 Å². The second kappa shape index (κ2) is 44.7. The average molecular weight is 1030 g/mol. The Labute approximate surface area is 437 Å². The minimum absolute atomic E-state index is 0.0192. The second-order valence-electron chi connectivity index (χ2n) is 18.3. The average Bonchev–Trinajstić information content (AvgIpc) is 3.39. The van der Waals surface area contributed by atoms with Gasteiger partial charge in [-0.3, -0.25) is 4.79 Å². The van der Waals surface area contributed by atoms with Crippen LogP contribution in [0, 0.1) is 0 Å². The number of hydrogen-bond donors (Lipinski definition) is 7. The molecule has 0 aromatic heterocycles. The summed E-state index contributed by atoms with van der Waals surface area (Å²) >= 11 is 0. The van der Waals surface area contributed by atoms with Crippen molar-refractivity contribution >= 4 is 5.97 Å². The number of carbonyl (C=O) groups excluding carboxylic acids is 1. The molecule has 14 heteroatoms. The number of aliphatic hydroxyl groups excluding tert-OH is 7. The highest BCUT2D eigenvalue weighted by atomic mass is 16.7. The lowest BCUT2D eigenvalue weighted by Crippen LogP contribution is -2.61. The topological polar surface area (TPSA) is 214 Å². The summed E-state index contributed by atoms with van der Waals surface area (Å²) in [6, 6.07) is 0. The molecule has 414 valence electrons. The number of carbonyl (C=O) groups is 1. The Morgan fingerprint density at radius 1 is 0.452 bits per heavy atom. The monoisotopic (exact) mass is 1030 g/mol. The fourth-order valence-electron chi connectivity index (χ4n) is 7.63. The quantitative estimate of drug-likeness (QED) is 0.0173. The van der Waals surface area contributed by atoms with Gasteiger partial charge in [0.1, 0.15) is 54.9 Å². The molecular formula is C59H94O14. The van der Waals surface area contributed by atoms with Crippen LogP contribution in [0.1, 0.15) is 142 Å². The maximum Gasteiger partial charge on any atom is 0.306 e. The third-order valence-corrected chi connectivity index (χ3v) is 12.0. The SMILES string of the molecule is CC/C=C\C/C=C\C/C=C\C/C=C\C/C=C\C/C=C\CCCCCOCC(COC1OC(COC2OC(CO)C(O)C(O)C2O)C(O)C(O)C1O)OC(=O)CCCCCC/C=C\C/C=C\C/C=C\C/C=C\CC. The molecule has 0 saturated carbocycles. The van der Waals surface area contributed by atoms with Crippen LogP contribution in [0.25, 0.3) is 0 Å². The van der Waals surface area contributed by atoms with Gasteiger partial charge in [-0.25, -0.2) is 0 Å². The van der Waals surface area contributed by atoms with Gasteiger partial charge < -0.3 is 64.2 Å². The third kappa shape index (κ3) is 31.8. The number of aliphatic hydroxyl groups is 7. The molecule has 14 nitrogen and oxygen atoms in total. The number of ether oxygens (including phenoxy) is 6. The molecule has 11 atom stereocenters. The maximum absolute atomic E-state index is 13.0. The molecule has 0 aliphatic carbocycles. The first kappa shape index (κ1) is 65.5. The summed E-state index contributed by atoms with van der Waals surface area (Å²) in [5.74, 6) is -0.418. The van der Waals surface area contributed by atoms with E-state index in [2.05, 4.69) is 135 Å². The molecular weight excluding hydrogens is 933 g/mol. The Morgan fingerprint density at radius 3 is 1.32 bits per heavy atom. The standard InChI is InChI=1S/C59H94O14/c1-3-5-7-9-11-13-15-17-19-21-22-23-24-25-27-29-31-33-35-37-39-41-43-68-45-48(71-51(61)42-40-38-36-34-32-30-28-26-20-18-16-14-12-10-8-6-4-2)46-69-58-57(67)55(65)53(63)50(73-58)47-70-59-56(66)54(64)52(62)49(44-60)72-59/h5-8,11-14,17-20,22-23,25,27-28,30-31,33,48-50,52-60,62-67H,3-4,9-10,15-16,21,24,26,29,32,34-47H2,1-2H3/b7-5-,8-6-,13-11-,14-12-,19-17-,20-18-,23-22-,27-25-,30-28-,33-31-. The summed E-state index contributed by atoms with van der Waals surface area (Å²) in [5, 5.41) is 72.2. The Hall–Kier alpha value is -3.61. The smallest absolute Gasteiger partial charge is 0.306 e. The first-order chi connectivity index (χ1) is 35.6. The highest BCUT2D eigenvalue weighted by molar-refractivity contribution is 5.69. The van der Waals surface area contributed by atoms with E-state index in [-0.39, 0.29) is 19.6 Å². The van der Waals surface area contributed by atoms with Gasteiger partial charge in [0.15, 0.2) is 12.6 Å². The Bertz CT molecular complexity index is 1660. The molecule has 0 aromatic carbocycles. The normalized spacial score (nSPS) is 25.9. The van der Waals surface area contributed by atoms with E-state index in [0.29, 0.717) is 13.0 Å². The highest BCUT2D eigenvalue weighted by Gasteiger charge is 2.47. The Morgan fingerprint density at radius 2 is 0.849 bits per heavy atom. The van der Waals surface area contributed by atoms with Crippen LogP contribution in [0.2, 0.25) is 0 Å². The number of esters is 1. The van der Waals surface area contributed by atoms with Crippen LogP contribution < -0.4 is 0 Å². The molecule has 7 N–H and O–H groups in total. The zero-order valence-corrected chi connectivity index (χ0v) is 44.1. The van der Waals surface area contributed by atoms with Crippen LogP contribution in [0.4, 0.5) is 0 Å². The van der Waals surface area contributed by atoms with E-state index in [1.54, 1.807) is 0 Å². The summed E-state index contributed by atoms with van der Waals surface area (Å²) in [6.45, 7) is 3.30. The predicted molar refractivity (Wildman–Crippen MR) is 288 cm³/mol. The van der Waals surface area contributed by atoms with Gasteiger partial charge in [-0.2, -0.15) is 0 Å². The van der Waals surface area contributed by atoms with Crippen molar-refractivity contribution in [3.8, 4) is 0 Å². The van der Waals surface area contributed by atoms with E-state index in [1.807, 2.05) is 0 Å². The van der Waals surface area contributed by atoms with Gasteiger partial charge in [0.2, 0.25) is 0 Å². The molecule has 2 saturated heterocycles. The van der Waals surface area contributed by atoms with Gasteiger partial charge in [0.05, 0.1) is 26.4 Å². The maximum atomic E-state index is 13.0. The largest absolute Gasteiger partial charge is 0.457 e. The number of hydrogen-bond acceptors (Lipinski definition) is 14. The molecule has 0 aromatic rings. The molecule has 0 radical (unpaired) electrons. The predicted octanol–water partition coefficient (Wildman–Crippen LogP) is 8.96. The molecule has 11 unspecified atom stereocenters. The van der Waals surface area contributed by atoms with E-state index >= 15 is 0 Å². The zero-order valence-electron chi connectivity index (χ0n) is 44.1. The molecule has 0 amide bonds.